The third-order valence-corrected chi connectivity index (χ3v) is 5.09. The van der Waals surface area contributed by atoms with Crippen molar-refractivity contribution in [2.75, 3.05) is 6.61 Å². The first kappa shape index (κ1) is 19.1. The van der Waals surface area contributed by atoms with Gasteiger partial charge in [0.05, 0.1) is 8.95 Å². The van der Waals surface area contributed by atoms with Crippen LogP contribution in [0.1, 0.15) is 11.1 Å². The first-order chi connectivity index (χ1) is 12.5. The summed E-state index contributed by atoms with van der Waals surface area (Å²) in [4.78, 5) is 16.4. The Bertz CT molecular complexity index is 911. The number of esters is 1. The Kier molecular flexibility index (Phi) is 6.11. The average Bonchev–Trinajstić information content (AvgIpc) is 2.95. The van der Waals surface area contributed by atoms with Crippen molar-refractivity contribution in [1.29, 1.82) is 0 Å². The standard InChI is InChI=1S/C19H12Br3NO3/c1-2-7-25-17-14(21)8-11(9-15(17)22)10-16-19(24)26-18(23-16)12-3-5-13(20)6-4-12/h2-6,8-10H,1,7H2/b16-10-. The summed E-state index contributed by atoms with van der Waals surface area (Å²) in [5.41, 5.74) is 1.75. The zero-order valence-corrected chi connectivity index (χ0v) is 18.1. The molecule has 2 aromatic carbocycles. The first-order valence-electron chi connectivity index (χ1n) is 7.49. The summed E-state index contributed by atoms with van der Waals surface area (Å²) in [6.45, 7) is 4.03. The van der Waals surface area contributed by atoms with Gasteiger partial charge in [-0.2, -0.15) is 0 Å². The number of cyclic esters (lactones) is 1. The molecule has 0 spiro atoms. The second-order valence-corrected chi connectivity index (χ2v) is 7.88. The maximum Gasteiger partial charge on any atom is 0.363 e. The Morgan fingerprint density at radius 2 is 1.77 bits per heavy atom. The van der Waals surface area contributed by atoms with Gasteiger partial charge in [0.15, 0.2) is 5.70 Å². The molecule has 4 nitrogen and oxygen atoms in total. The van der Waals surface area contributed by atoms with E-state index < -0.39 is 5.97 Å². The Labute approximate surface area is 176 Å². The smallest absolute Gasteiger partial charge is 0.363 e. The number of benzene rings is 2. The molecule has 0 aliphatic carbocycles. The number of hydrogen-bond donors (Lipinski definition) is 0. The van der Waals surface area contributed by atoms with Crippen molar-refractivity contribution in [3.8, 4) is 5.75 Å². The van der Waals surface area contributed by atoms with Crippen molar-refractivity contribution in [2.24, 2.45) is 4.99 Å². The third-order valence-electron chi connectivity index (χ3n) is 3.38. The van der Waals surface area contributed by atoms with Gasteiger partial charge in [-0.15, -0.1) is 0 Å². The molecule has 0 saturated heterocycles. The van der Waals surface area contributed by atoms with E-state index in [9.17, 15) is 4.79 Å². The number of hydrogen-bond acceptors (Lipinski definition) is 4. The zero-order valence-electron chi connectivity index (χ0n) is 13.3. The van der Waals surface area contributed by atoms with Gasteiger partial charge in [0, 0.05) is 10.0 Å². The fraction of sp³-hybridized carbons (Fsp3) is 0.0526. The third kappa shape index (κ3) is 4.34. The van der Waals surface area contributed by atoms with Crippen LogP contribution in [0.25, 0.3) is 6.08 Å². The topological polar surface area (TPSA) is 47.9 Å². The Hall–Kier alpha value is -1.70. The first-order valence-corrected chi connectivity index (χ1v) is 9.87. The van der Waals surface area contributed by atoms with Crippen LogP contribution in [0.15, 0.2) is 73.2 Å². The van der Waals surface area contributed by atoms with E-state index in [4.69, 9.17) is 9.47 Å². The molecular weight excluding hydrogens is 530 g/mol. The van der Waals surface area contributed by atoms with Crippen LogP contribution in [0.4, 0.5) is 0 Å². The van der Waals surface area contributed by atoms with Gasteiger partial charge in [-0.25, -0.2) is 9.79 Å². The van der Waals surface area contributed by atoms with Crippen molar-refractivity contribution in [2.45, 2.75) is 0 Å². The van der Waals surface area contributed by atoms with Crippen LogP contribution >= 0.6 is 47.8 Å². The molecule has 0 bridgehead atoms. The molecule has 0 N–H and O–H groups in total. The van der Waals surface area contributed by atoms with Crippen LogP contribution in [-0.4, -0.2) is 18.5 Å². The molecule has 26 heavy (non-hydrogen) atoms. The minimum absolute atomic E-state index is 0.237. The summed E-state index contributed by atoms with van der Waals surface area (Å²) in [7, 11) is 0. The minimum atomic E-state index is -0.484. The lowest BCUT2D eigenvalue weighted by molar-refractivity contribution is -0.129. The number of aliphatic imine (C=N–C) groups is 1. The highest BCUT2D eigenvalue weighted by Gasteiger charge is 2.24. The molecule has 132 valence electrons. The van der Waals surface area contributed by atoms with E-state index >= 15 is 0 Å². The molecule has 0 fully saturated rings. The highest BCUT2D eigenvalue weighted by atomic mass is 79.9. The highest BCUT2D eigenvalue weighted by molar-refractivity contribution is 9.11. The minimum Gasteiger partial charge on any atom is -0.487 e. The molecular formula is C19H12Br3NO3. The number of ether oxygens (including phenoxy) is 2. The summed E-state index contributed by atoms with van der Waals surface area (Å²) in [6, 6.07) is 11.1. The van der Waals surface area contributed by atoms with E-state index in [0.717, 1.165) is 24.5 Å². The molecule has 0 amide bonds. The van der Waals surface area contributed by atoms with Gasteiger partial charge in [0.1, 0.15) is 12.4 Å². The van der Waals surface area contributed by atoms with E-state index in [0.29, 0.717) is 12.4 Å². The second kappa shape index (κ2) is 8.33. The van der Waals surface area contributed by atoms with Crippen LogP contribution in [0.5, 0.6) is 5.75 Å². The van der Waals surface area contributed by atoms with Gasteiger partial charge in [0.2, 0.25) is 5.90 Å². The monoisotopic (exact) mass is 539 g/mol. The van der Waals surface area contributed by atoms with Crippen LogP contribution < -0.4 is 4.74 Å². The molecule has 3 rings (SSSR count). The summed E-state index contributed by atoms with van der Waals surface area (Å²) < 4.78 is 13.3. The van der Waals surface area contributed by atoms with E-state index in [1.165, 1.54) is 0 Å². The lowest BCUT2D eigenvalue weighted by Gasteiger charge is -2.09. The SMILES string of the molecule is C=CCOc1c(Br)cc(/C=C2\N=C(c3ccc(Br)cc3)OC2=O)cc1Br. The van der Waals surface area contributed by atoms with Crippen LogP contribution in [0, 0.1) is 0 Å². The molecule has 0 unspecified atom stereocenters. The summed E-state index contributed by atoms with van der Waals surface area (Å²) in [5.74, 6) is 0.472. The largest absolute Gasteiger partial charge is 0.487 e. The number of carbonyl (C=O) groups is 1. The van der Waals surface area contributed by atoms with Gasteiger partial charge in [-0.05, 0) is 79.9 Å². The molecule has 7 heteroatoms. The lowest BCUT2D eigenvalue weighted by Crippen LogP contribution is -2.05. The number of halogens is 3. The van der Waals surface area contributed by atoms with Gasteiger partial charge < -0.3 is 9.47 Å². The molecule has 2 aromatic rings. The lowest BCUT2D eigenvalue weighted by atomic mass is 10.2. The van der Waals surface area contributed by atoms with Crippen molar-refractivity contribution < 1.29 is 14.3 Å². The van der Waals surface area contributed by atoms with Gasteiger partial charge in [0.25, 0.3) is 0 Å². The summed E-state index contributed by atoms with van der Waals surface area (Å²) in [6.07, 6.45) is 3.34. The molecule has 0 aromatic heterocycles. The van der Waals surface area contributed by atoms with E-state index in [1.807, 2.05) is 36.4 Å². The molecule has 1 aliphatic rings. The van der Waals surface area contributed by atoms with Gasteiger partial charge in [-0.1, -0.05) is 28.6 Å². The van der Waals surface area contributed by atoms with Crippen molar-refractivity contribution in [3.63, 3.8) is 0 Å². The number of rotatable bonds is 5. The normalized spacial score (nSPS) is 15.0. The van der Waals surface area contributed by atoms with Crippen LogP contribution in [0.2, 0.25) is 0 Å². The fourth-order valence-electron chi connectivity index (χ4n) is 2.23. The van der Waals surface area contributed by atoms with Crippen molar-refractivity contribution in [1.82, 2.24) is 0 Å². The van der Waals surface area contributed by atoms with Crippen LogP contribution in [0.3, 0.4) is 0 Å². The maximum absolute atomic E-state index is 12.1. The van der Waals surface area contributed by atoms with Gasteiger partial charge >= 0.3 is 5.97 Å². The van der Waals surface area contributed by atoms with E-state index in [2.05, 4.69) is 59.4 Å². The van der Waals surface area contributed by atoms with Gasteiger partial charge in [-0.3, -0.25) is 0 Å². The molecule has 1 heterocycles. The molecule has 0 atom stereocenters. The molecule has 1 aliphatic heterocycles. The quantitative estimate of drug-likeness (QED) is 0.270. The second-order valence-electron chi connectivity index (χ2n) is 5.26. The fourth-order valence-corrected chi connectivity index (χ4v) is 3.94. The zero-order chi connectivity index (χ0) is 18.7. The van der Waals surface area contributed by atoms with E-state index in [1.54, 1.807) is 12.2 Å². The maximum atomic E-state index is 12.1. The predicted octanol–water partition coefficient (Wildman–Crippen LogP) is 5.88. The van der Waals surface area contributed by atoms with Crippen LogP contribution in [-0.2, 0) is 9.53 Å². The molecule has 0 radical (unpaired) electrons. The average molecular weight is 542 g/mol. The number of nitrogens with zero attached hydrogens (tertiary/aromatic N) is 1. The number of carbonyl (C=O) groups excluding carboxylic acids is 1. The van der Waals surface area contributed by atoms with E-state index in [-0.39, 0.29) is 11.6 Å². The summed E-state index contributed by atoms with van der Waals surface area (Å²) in [5, 5.41) is 0. The van der Waals surface area contributed by atoms with Crippen molar-refractivity contribution >= 4 is 65.7 Å². The highest BCUT2D eigenvalue weighted by Crippen LogP contribution is 2.35. The Morgan fingerprint density at radius 1 is 1.12 bits per heavy atom. The Balaban J connectivity index is 1.90. The Morgan fingerprint density at radius 3 is 2.38 bits per heavy atom. The molecule has 0 saturated carbocycles. The van der Waals surface area contributed by atoms with Crippen molar-refractivity contribution in [3.05, 3.63) is 79.3 Å². The predicted molar refractivity (Wildman–Crippen MR) is 112 cm³/mol. The summed E-state index contributed by atoms with van der Waals surface area (Å²) >= 11 is 10.3.